The van der Waals surface area contributed by atoms with Crippen molar-refractivity contribution in [3.63, 3.8) is 0 Å². The molecule has 0 spiro atoms. The maximum Gasteiger partial charge on any atom is 0.227 e. The number of anilines is 1. The normalized spacial score (nSPS) is 17.0. The molecule has 0 radical (unpaired) electrons. The number of nitrogens with zero attached hydrogens (tertiary/aromatic N) is 1. The number of carbonyl (C=O) groups is 2. The molecule has 1 atom stereocenters. The summed E-state index contributed by atoms with van der Waals surface area (Å²) in [6.07, 6.45) is 0.270. The lowest BCUT2D eigenvalue weighted by Crippen LogP contribution is -2.32. The van der Waals surface area contributed by atoms with Crippen molar-refractivity contribution in [2.75, 3.05) is 11.4 Å². The van der Waals surface area contributed by atoms with Crippen molar-refractivity contribution in [1.82, 2.24) is 5.32 Å². The van der Waals surface area contributed by atoms with E-state index in [4.69, 9.17) is 0 Å². The van der Waals surface area contributed by atoms with Crippen molar-refractivity contribution >= 4 is 17.5 Å². The Morgan fingerprint density at radius 1 is 1.15 bits per heavy atom. The molecule has 2 aromatic rings. The zero-order chi connectivity index (χ0) is 18.7. The van der Waals surface area contributed by atoms with E-state index in [1.54, 1.807) is 4.90 Å². The SMILES string of the molecule is Cc1ccccc1N1C[C@@H](C(=O)NCc2ccc(C(C)C)cc2)CC1=O. The van der Waals surface area contributed by atoms with Gasteiger partial charge in [0.1, 0.15) is 0 Å². The number of carbonyl (C=O) groups excluding carboxylic acids is 2. The summed E-state index contributed by atoms with van der Waals surface area (Å²) in [6, 6.07) is 16.1. The third-order valence-electron chi connectivity index (χ3n) is 5.02. The highest BCUT2D eigenvalue weighted by Gasteiger charge is 2.35. The Hall–Kier alpha value is -2.62. The summed E-state index contributed by atoms with van der Waals surface area (Å²) in [4.78, 5) is 26.6. The van der Waals surface area contributed by atoms with Crippen LogP contribution in [0.15, 0.2) is 48.5 Å². The molecule has 0 bridgehead atoms. The highest BCUT2D eigenvalue weighted by atomic mass is 16.2. The quantitative estimate of drug-likeness (QED) is 0.892. The molecule has 4 nitrogen and oxygen atoms in total. The van der Waals surface area contributed by atoms with Gasteiger partial charge in [0.05, 0.1) is 5.92 Å². The van der Waals surface area contributed by atoms with Gasteiger partial charge in [-0.1, -0.05) is 56.3 Å². The fourth-order valence-corrected chi connectivity index (χ4v) is 3.34. The van der Waals surface area contributed by atoms with Gasteiger partial charge in [-0.3, -0.25) is 9.59 Å². The van der Waals surface area contributed by atoms with Crippen LogP contribution in [0.1, 0.15) is 42.9 Å². The lowest BCUT2D eigenvalue weighted by Gasteiger charge is -2.19. The molecule has 1 heterocycles. The fourth-order valence-electron chi connectivity index (χ4n) is 3.34. The third-order valence-corrected chi connectivity index (χ3v) is 5.02. The highest BCUT2D eigenvalue weighted by Crippen LogP contribution is 2.27. The lowest BCUT2D eigenvalue weighted by molar-refractivity contribution is -0.126. The first-order valence-electron chi connectivity index (χ1n) is 9.18. The molecule has 3 rings (SSSR count). The topological polar surface area (TPSA) is 49.4 Å². The first kappa shape index (κ1) is 18.2. The molecular formula is C22H26N2O2. The van der Waals surface area contributed by atoms with Crippen molar-refractivity contribution in [1.29, 1.82) is 0 Å². The zero-order valence-corrected chi connectivity index (χ0v) is 15.7. The molecule has 4 heteroatoms. The van der Waals surface area contributed by atoms with E-state index in [0.29, 0.717) is 19.0 Å². The van der Waals surface area contributed by atoms with Gasteiger partial charge in [-0.05, 0) is 35.6 Å². The van der Waals surface area contributed by atoms with Crippen LogP contribution < -0.4 is 10.2 Å². The van der Waals surface area contributed by atoms with E-state index in [0.717, 1.165) is 16.8 Å². The number of aryl methyl sites for hydroxylation is 1. The van der Waals surface area contributed by atoms with Crippen molar-refractivity contribution in [2.45, 2.75) is 39.7 Å². The number of para-hydroxylation sites is 1. The van der Waals surface area contributed by atoms with Gasteiger partial charge >= 0.3 is 0 Å². The molecule has 1 aliphatic rings. The summed E-state index contributed by atoms with van der Waals surface area (Å²) < 4.78 is 0. The number of nitrogens with one attached hydrogen (secondary N) is 1. The Balaban J connectivity index is 1.59. The Morgan fingerprint density at radius 3 is 2.50 bits per heavy atom. The molecular weight excluding hydrogens is 324 g/mol. The van der Waals surface area contributed by atoms with E-state index >= 15 is 0 Å². The van der Waals surface area contributed by atoms with Crippen LogP contribution in [-0.2, 0) is 16.1 Å². The van der Waals surface area contributed by atoms with Gasteiger partial charge in [0.25, 0.3) is 0 Å². The molecule has 1 fully saturated rings. The largest absolute Gasteiger partial charge is 0.352 e. The molecule has 136 valence electrons. The molecule has 0 saturated carbocycles. The van der Waals surface area contributed by atoms with Crippen LogP contribution in [0, 0.1) is 12.8 Å². The van der Waals surface area contributed by atoms with E-state index in [-0.39, 0.29) is 24.2 Å². The van der Waals surface area contributed by atoms with Crippen molar-refractivity contribution in [2.24, 2.45) is 5.92 Å². The lowest BCUT2D eigenvalue weighted by atomic mass is 10.0. The van der Waals surface area contributed by atoms with E-state index < -0.39 is 0 Å². The monoisotopic (exact) mass is 350 g/mol. The second-order valence-corrected chi connectivity index (χ2v) is 7.31. The van der Waals surface area contributed by atoms with Crippen LogP contribution in [-0.4, -0.2) is 18.4 Å². The summed E-state index contributed by atoms with van der Waals surface area (Å²) >= 11 is 0. The predicted octanol–water partition coefficient (Wildman–Crippen LogP) is 3.79. The van der Waals surface area contributed by atoms with Gasteiger partial charge < -0.3 is 10.2 Å². The van der Waals surface area contributed by atoms with Crippen LogP contribution >= 0.6 is 0 Å². The molecule has 2 aromatic carbocycles. The summed E-state index contributed by atoms with van der Waals surface area (Å²) in [5.74, 6) is 0.163. The average molecular weight is 350 g/mol. The second kappa shape index (κ2) is 7.73. The molecule has 0 aliphatic carbocycles. The Morgan fingerprint density at radius 2 is 1.85 bits per heavy atom. The van der Waals surface area contributed by atoms with Crippen molar-refractivity contribution in [3.05, 3.63) is 65.2 Å². The van der Waals surface area contributed by atoms with Crippen molar-refractivity contribution in [3.8, 4) is 0 Å². The van der Waals surface area contributed by atoms with Gasteiger partial charge in [0, 0.05) is 25.2 Å². The molecule has 26 heavy (non-hydrogen) atoms. The van der Waals surface area contributed by atoms with Crippen LogP contribution in [0.2, 0.25) is 0 Å². The number of rotatable bonds is 5. The maximum atomic E-state index is 12.5. The number of hydrogen-bond donors (Lipinski definition) is 1. The molecule has 2 amide bonds. The summed E-state index contributed by atoms with van der Waals surface area (Å²) in [7, 11) is 0. The van der Waals surface area contributed by atoms with E-state index in [1.807, 2.05) is 31.2 Å². The van der Waals surface area contributed by atoms with E-state index in [9.17, 15) is 9.59 Å². The Kier molecular flexibility index (Phi) is 5.40. The summed E-state index contributed by atoms with van der Waals surface area (Å²) in [6.45, 7) is 7.24. The van der Waals surface area contributed by atoms with Gasteiger partial charge in [-0.25, -0.2) is 0 Å². The van der Waals surface area contributed by atoms with E-state index in [1.165, 1.54) is 5.56 Å². The van der Waals surface area contributed by atoms with E-state index in [2.05, 4.69) is 43.4 Å². The smallest absolute Gasteiger partial charge is 0.227 e. The van der Waals surface area contributed by atoms with Crippen LogP contribution in [0.4, 0.5) is 5.69 Å². The van der Waals surface area contributed by atoms with Crippen LogP contribution in [0.5, 0.6) is 0 Å². The number of benzene rings is 2. The van der Waals surface area contributed by atoms with Gasteiger partial charge in [-0.15, -0.1) is 0 Å². The summed E-state index contributed by atoms with van der Waals surface area (Å²) in [5, 5.41) is 2.98. The van der Waals surface area contributed by atoms with Crippen LogP contribution in [0.3, 0.4) is 0 Å². The fraction of sp³-hybridized carbons (Fsp3) is 0.364. The maximum absolute atomic E-state index is 12.5. The summed E-state index contributed by atoms with van der Waals surface area (Å²) in [5.41, 5.74) is 4.31. The molecule has 0 unspecified atom stereocenters. The van der Waals surface area contributed by atoms with Crippen LogP contribution in [0.25, 0.3) is 0 Å². The second-order valence-electron chi connectivity index (χ2n) is 7.31. The van der Waals surface area contributed by atoms with Gasteiger partial charge in [0.2, 0.25) is 11.8 Å². The molecule has 0 aromatic heterocycles. The standard InChI is InChI=1S/C22H26N2O2/c1-15(2)18-10-8-17(9-11-18)13-23-22(26)19-12-21(25)24(14-19)20-7-5-4-6-16(20)3/h4-11,15,19H,12-14H2,1-3H3,(H,23,26)/t19-/m0/s1. The minimum absolute atomic E-state index is 0.0146. The minimum atomic E-state index is -0.294. The predicted molar refractivity (Wildman–Crippen MR) is 104 cm³/mol. The minimum Gasteiger partial charge on any atom is -0.352 e. The molecule has 1 aliphatic heterocycles. The zero-order valence-electron chi connectivity index (χ0n) is 15.7. The number of amides is 2. The first-order valence-corrected chi connectivity index (χ1v) is 9.18. The Bertz CT molecular complexity index is 796. The van der Waals surface area contributed by atoms with Gasteiger partial charge in [-0.2, -0.15) is 0 Å². The highest BCUT2D eigenvalue weighted by molar-refractivity contribution is 6.00. The third kappa shape index (κ3) is 3.96. The Labute approximate surface area is 155 Å². The molecule has 1 saturated heterocycles. The number of hydrogen-bond acceptors (Lipinski definition) is 2. The average Bonchev–Trinajstić information content (AvgIpc) is 3.02. The molecule has 1 N–H and O–H groups in total. The van der Waals surface area contributed by atoms with Crippen molar-refractivity contribution < 1.29 is 9.59 Å². The van der Waals surface area contributed by atoms with Gasteiger partial charge in [0.15, 0.2) is 0 Å². The first-order chi connectivity index (χ1) is 12.5.